The summed E-state index contributed by atoms with van der Waals surface area (Å²) in [7, 11) is 12.7. The number of likely N-dealkylation sites (N-methyl/N-ethyl adjacent to an activating group) is 8. The van der Waals surface area contributed by atoms with Gasteiger partial charge < -0.3 is 60.0 Å². The van der Waals surface area contributed by atoms with Gasteiger partial charge in [0.15, 0.2) is 0 Å². The summed E-state index contributed by atoms with van der Waals surface area (Å²) in [6, 6.07) is -12.5. The highest BCUT2D eigenvalue weighted by molar-refractivity contribution is 6.20. The number of rotatable bonds is 13. The molecule has 0 spiro atoms. The lowest BCUT2D eigenvalue weighted by Crippen LogP contribution is -2.65. The minimum absolute atomic E-state index is 0.0112. The van der Waals surface area contributed by atoms with Crippen LogP contribution < -0.4 is 16.0 Å². The number of hydrogen-bond donors (Lipinski definition) is 3. The third-order valence-corrected chi connectivity index (χ3v) is 22.0. The summed E-state index contributed by atoms with van der Waals surface area (Å²) in [5, 5.41) is 7.20. The van der Waals surface area contributed by atoms with Crippen molar-refractivity contribution >= 4 is 82.5 Å². The van der Waals surface area contributed by atoms with E-state index in [2.05, 4.69) is 22.9 Å². The van der Waals surface area contributed by atoms with Crippen LogP contribution in [0, 0.1) is 47.3 Å². The van der Waals surface area contributed by atoms with Gasteiger partial charge in [0.1, 0.15) is 60.4 Å². The number of fused-ring (bicyclic) bond motifs is 1. The Hall–Kier alpha value is -6.28. The molecule has 3 unspecified atom stereocenters. The summed E-state index contributed by atoms with van der Waals surface area (Å²) >= 11 is 6.35. The zero-order valence-corrected chi connectivity index (χ0v) is 62.2. The van der Waals surface area contributed by atoms with Gasteiger partial charge in [-0.25, -0.2) is 0 Å². The van der Waals surface area contributed by atoms with E-state index in [4.69, 9.17) is 11.6 Å². The average Bonchev–Trinajstić information content (AvgIpc) is 0.784. The molecule has 0 bridgehead atoms. The SMILES string of the molecule is CC[C@H](C)[C@@H]1NC(=O)[C@H](CC(C)C)N(C)C(=O)C[C@@H](C(=O)N(C)C)N(C)C(=O)[C@H]([C@@H](C)CC)N(C)C(=O)[C@H](C(C)C)NC(=O)[C@H](C)N(C)C(=O)[C@H](CCC2CCC(C(F)(F)F)C(Cl)C2)NC(=O)CN(C)C(=O)[C@H](CC2CCC(C)CC2)N(C)C(=O)[C@@H]2CCN2C(=O)[C@H](C)N(C)C1=O. The third kappa shape index (κ3) is 21.1. The quantitative estimate of drug-likeness (QED) is 0.197. The Balaban J connectivity index is 1.88. The highest BCUT2D eigenvalue weighted by Gasteiger charge is 2.49. The molecule has 2 aliphatic carbocycles. The fourth-order valence-corrected chi connectivity index (χ4v) is 14.3. The molecule has 2 saturated carbocycles. The second-order valence-electron chi connectivity index (χ2n) is 29.6. The monoisotopic (exact) mass is 1400 g/mol. The molecule has 28 heteroatoms. The smallest absolute Gasteiger partial charge is 0.347 e. The zero-order valence-electron chi connectivity index (χ0n) is 61.4. The molecule has 24 nitrogen and oxygen atoms in total. The van der Waals surface area contributed by atoms with Crippen molar-refractivity contribution in [2.24, 2.45) is 47.3 Å². The Kier molecular flexibility index (Phi) is 31.0. The van der Waals surface area contributed by atoms with Crippen molar-refractivity contribution in [2.75, 3.05) is 76.5 Å². The molecule has 97 heavy (non-hydrogen) atoms. The van der Waals surface area contributed by atoms with Gasteiger partial charge in [-0.2, -0.15) is 13.2 Å². The molecule has 2 heterocycles. The van der Waals surface area contributed by atoms with Crippen LogP contribution in [0.1, 0.15) is 172 Å². The van der Waals surface area contributed by atoms with Crippen LogP contribution in [0.5, 0.6) is 0 Å². The minimum atomic E-state index is -4.52. The van der Waals surface area contributed by atoms with Crippen molar-refractivity contribution < 1.29 is 70.7 Å². The zero-order chi connectivity index (χ0) is 73.7. The molecule has 15 atom stereocenters. The number of amides is 12. The lowest BCUT2D eigenvalue weighted by molar-refractivity contribution is -0.182. The predicted octanol–water partition coefficient (Wildman–Crippen LogP) is 5.37. The molecule has 3 N–H and O–H groups in total. The van der Waals surface area contributed by atoms with Gasteiger partial charge in [0.25, 0.3) is 0 Å². The van der Waals surface area contributed by atoms with Gasteiger partial charge in [0.2, 0.25) is 70.9 Å². The summed E-state index contributed by atoms with van der Waals surface area (Å²) in [6.45, 7) is 18.8. The highest BCUT2D eigenvalue weighted by Crippen LogP contribution is 2.44. The van der Waals surface area contributed by atoms with Crippen LogP contribution in [0.25, 0.3) is 0 Å². The van der Waals surface area contributed by atoms with Crippen LogP contribution >= 0.6 is 11.6 Å². The van der Waals surface area contributed by atoms with E-state index in [0.29, 0.717) is 18.8 Å². The maximum atomic E-state index is 15.1. The van der Waals surface area contributed by atoms with E-state index >= 15 is 4.79 Å². The largest absolute Gasteiger partial charge is 0.393 e. The number of nitrogens with zero attached hydrogens (tertiary/aromatic N) is 9. The van der Waals surface area contributed by atoms with E-state index in [1.54, 1.807) is 34.6 Å². The van der Waals surface area contributed by atoms with Crippen LogP contribution in [-0.4, -0.2) is 263 Å². The van der Waals surface area contributed by atoms with E-state index in [1.165, 1.54) is 107 Å². The number of alkyl halides is 4. The van der Waals surface area contributed by atoms with E-state index in [9.17, 15) is 65.9 Å². The number of halogens is 4. The normalized spacial score (nSPS) is 31.2. The number of nitrogens with one attached hydrogen (secondary N) is 3. The van der Waals surface area contributed by atoms with Crippen molar-refractivity contribution in [2.45, 2.75) is 244 Å². The molecule has 0 aromatic rings. The Morgan fingerprint density at radius 1 is 0.588 bits per heavy atom. The lowest BCUT2D eigenvalue weighted by Gasteiger charge is -2.45. The summed E-state index contributed by atoms with van der Waals surface area (Å²) < 4.78 is 41.8. The summed E-state index contributed by atoms with van der Waals surface area (Å²) in [4.78, 5) is 188. The van der Waals surface area contributed by atoms with Gasteiger partial charge >= 0.3 is 6.18 Å². The van der Waals surface area contributed by atoms with Crippen molar-refractivity contribution in [3.63, 3.8) is 0 Å². The molecular formula is C69H116ClF3N12O12. The molecule has 2 aliphatic heterocycles. The Morgan fingerprint density at radius 2 is 1.14 bits per heavy atom. The Bertz CT molecular complexity index is 2790. The first-order valence-corrected chi connectivity index (χ1v) is 35.4. The van der Waals surface area contributed by atoms with E-state index in [0.717, 1.165) is 40.4 Å². The molecule has 0 aromatic heterocycles. The fraction of sp³-hybridized carbons (Fsp3) is 0.826. The molecule has 0 radical (unpaired) electrons. The second-order valence-corrected chi connectivity index (χ2v) is 30.1. The highest BCUT2D eigenvalue weighted by atomic mass is 35.5. The molecule has 2 saturated heterocycles. The first-order chi connectivity index (χ1) is 45.0. The first-order valence-electron chi connectivity index (χ1n) is 35.0. The molecule has 552 valence electrons. The van der Waals surface area contributed by atoms with Gasteiger partial charge in [-0.05, 0) is 107 Å². The predicted molar refractivity (Wildman–Crippen MR) is 362 cm³/mol. The Labute approximate surface area is 579 Å². The lowest BCUT2D eigenvalue weighted by atomic mass is 9.78. The molecular weight excluding hydrogens is 1280 g/mol. The molecule has 4 aliphatic rings. The van der Waals surface area contributed by atoms with E-state index in [-0.39, 0.29) is 75.7 Å². The summed E-state index contributed by atoms with van der Waals surface area (Å²) in [6.07, 6.45) is -0.595. The van der Waals surface area contributed by atoms with Crippen LogP contribution in [0.3, 0.4) is 0 Å². The number of hydrogen-bond acceptors (Lipinski definition) is 12. The van der Waals surface area contributed by atoms with Gasteiger partial charge in [0.05, 0.1) is 18.9 Å². The van der Waals surface area contributed by atoms with Crippen molar-refractivity contribution in [3.05, 3.63) is 0 Å². The Morgan fingerprint density at radius 3 is 1.66 bits per heavy atom. The van der Waals surface area contributed by atoms with Crippen LogP contribution in [0.2, 0.25) is 0 Å². The summed E-state index contributed by atoms with van der Waals surface area (Å²) in [5.41, 5.74) is 0. The van der Waals surface area contributed by atoms with Crippen LogP contribution in [0.4, 0.5) is 13.2 Å². The number of carbonyl (C=O) groups is 12. The van der Waals surface area contributed by atoms with Gasteiger partial charge in [-0.3, -0.25) is 57.5 Å². The van der Waals surface area contributed by atoms with Crippen molar-refractivity contribution in [1.29, 1.82) is 0 Å². The van der Waals surface area contributed by atoms with E-state index < -0.39 is 179 Å². The van der Waals surface area contributed by atoms with Crippen LogP contribution in [-0.2, 0) is 57.5 Å². The maximum Gasteiger partial charge on any atom is 0.393 e. The molecule has 4 rings (SSSR count). The topological polar surface area (TPSA) is 270 Å². The van der Waals surface area contributed by atoms with Gasteiger partial charge in [0, 0.05) is 75.4 Å². The van der Waals surface area contributed by atoms with Crippen molar-refractivity contribution in [3.8, 4) is 0 Å². The van der Waals surface area contributed by atoms with E-state index in [1.807, 2.05) is 20.8 Å². The molecule has 4 fully saturated rings. The number of carbonyl (C=O) groups excluding carboxylic acids is 12. The fourth-order valence-electron chi connectivity index (χ4n) is 13.8. The minimum Gasteiger partial charge on any atom is -0.347 e. The molecule has 0 aromatic carbocycles. The van der Waals surface area contributed by atoms with Gasteiger partial charge in [-0.15, -0.1) is 11.6 Å². The standard InChI is InChI=1S/C69H116ClF3N12O12/c1-21-41(8)57-67(96)80(16)44(11)61(90)85-32-31-50(85)65(94)82(18)52(35-46-25-23-40(7)24-26-46)64(93)78(14)37-54(86)74-49(30-28-45-27-29-47(48(70)34-45)69(71,72)73)62(91)79(15)43(10)59(88)75-56(39(5)6)66(95)84(20)58(42(9)22-2)68(97)83(19)53(63(92)77(12)13)36-55(87)81(17)51(33-38(3)4)60(89)76-57/h38-53,56-58H,21-37H2,1-20H3,(H,74,86)(H,75,88)(H,76,89)/t40?,41-,42-,43-,44-,45?,46?,47?,48?,49-,50-,51-,52-,53-,56-,57-,58-/m0/s1. The summed E-state index contributed by atoms with van der Waals surface area (Å²) in [5.74, 6) is -11.7. The van der Waals surface area contributed by atoms with Gasteiger partial charge in [-0.1, -0.05) is 101 Å². The second kappa shape index (κ2) is 36.2. The first kappa shape index (κ1) is 83.1. The third-order valence-electron chi connectivity index (χ3n) is 21.5. The maximum absolute atomic E-state index is 15.1. The average molecular weight is 1400 g/mol. The molecule has 12 amide bonds. The van der Waals surface area contributed by atoms with Crippen molar-refractivity contribution in [1.82, 2.24) is 60.0 Å². The van der Waals surface area contributed by atoms with Crippen LogP contribution in [0.15, 0.2) is 0 Å².